The zero-order valence-electron chi connectivity index (χ0n) is 7.88. The van der Waals surface area contributed by atoms with Gasteiger partial charge >= 0.3 is 0 Å². The summed E-state index contributed by atoms with van der Waals surface area (Å²) in [5, 5.41) is 6.61. The molecule has 0 radical (unpaired) electrons. The minimum Gasteiger partial charge on any atom is -0.348 e. The van der Waals surface area contributed by atoms with E-state index in [9.17, 15) is 9.59 Å². The summed E-state index contributed by atoms with van der Waals surface area (Å²) in [7, 11) is 0. The molecule has 5 heteroatoms. The fourth-order valence-corrected chi connectivity index (χ4v) is 1.46. The fraction of sp³-hybridized carbons (Fsp3) is 0.667. The quantitative estimate of drug-likeness (QED) is 0.647. The number of hydrazone groups is 1. The van der Waals surface area contributed by atoms with E-state index in [1.165, 1.54) is 6.42 Å². The first kappa shape index (κ1) is 9.18. The second kappa shape index (κ2) is 3.77. The normalized spacial score (nSPS) is 22.0. The third-order valence-electron chi connectivity index (χ3n) is 2.61. The molecule has 0 aromatic rings. The lowest BCUT2D eigenvalue weighted by Gasteiger charge is -2.26. The summed E-state index contributed by atoms with van der Waals surface area (Å²) in [5.74, 6) is -0.250. The monoisotopic (exact) mass is 195 g/mol. The highest BCUT2D eigenvalue weighted by molar-refractivity contribution is 6.39. The van der Waals surface area contributed by atoms with Crippen molar-refractivity contribution in [2.75, 3.05) is 0 Å². The van der Waals surface area contributed by atoms with Crippen LogP contribution in [0, 0.1) is 0 Å². The van der Waals surface area contributed by atoms with Crippen molar-refractivity contribution in [1.29, 1.82) is 0 Å². The molecule has 0 spiro atoms. The van der Waals surface area contributed by atoms with E-state index in [1.807, 2.05) is 0 Å². The van der Waals surface area contributed by atoms with E-state index in [2.05, 4.69) is 15.8 Å². The predicted molar refractivity (Wildman–Crippen MR) is 50.6 cm³/mol. The van der Waals surface area contributed by atoms with E-state index in [1.54, 1.807) is 0 Å². The summed E-state index contributed by atoms with van der Waals surface area (Å²) in [6.45, 7) is 0. The third kappa shape index (κ3) is 1.92. The maximum absolute atomic E-state index is 11.5. The van der Waals surface area contributed by atoms with E-state index in [0.717, 1.165) is 12.8 Å². The van der Waals surface area contributed by atoms with Crippen molar-refractivity contribution in [2.45, 2.75) is 38.1 Å². The second-order valence-corrected chi connectivity index (χ2v) is 3.69. The van der Waals surface area contributed by atoms with E-state index in [0.29, 0.717) is 24.6 Å². The van der Waals surface area contributed by atoms with Gasteiger partial charge in [-0.3, -0.25) is 9.59 Å². The van der Waals surface area contributed by atoms with Crippen LogP contribution in [0.25, 0.3) is 0 Å². The van der Waals surface area contributed by atoms with Crippen molar-refractivity contribution in [1.82, 2.24) is 10.7 Å². The molecule has 76 valence electrons. The first-order chi connectivity index (χ1) is 6.75. The van der Waals surface area contributed by atoms with Crippen LogP contribution in [0.2, 0.25) is 0 Å². The van der Waals surface area contributed by atoms with Gasteiger partial charge in [-0.25, -0.2) is 5.43 Å². The van der Waals surface area contributed by atoms with Crippen molar-refractivity contribution in [2.24, 2.45) is 5.10 Å². The average Bonchev–Trinajstić information content (AvgIpc) is 2.12. The van der Waals surface area contributed by atoms with Gasteiger partial charge in [0.15, 0.2) is 0 Å². The highest BCUT2D eigenvalue weighted by Gasteiger charge is 2.23. The summed E-state index contributed by atoms with van der Waals surface area (Å²) >= 11 is 0. The highest BCUT2D eigenvalue weighted by atomic mass is 16.2. The van der Waals surface area contributed by atoms with Crippen LogP contribution in [0.1, 0.15) is 32.1 Å². The Bertz CT molecular complexity index is 294. The minimum atomic E-state index is -0.130. The Morgan fingerprint density at radius 2 is 2.21 bits per heavy atom. The number of amides is 2. The number of rotatable bonds is 2. The van der Waals surface area contributed by atoms with Gasteiger partial charge in [0, 0.05) is 18.9 Å². The lowest BCUT2D eigenvalue weighted by atomic mass is 9.93. The summed E-state index contributed by atoms with van der Waals surface area (Å²) in [6, 6.07) is 0.322. The molecule has 1 heterocycles. The molecule has 0 saturated heterocycles. The zero-order valence-corrected chi connectivity index (χ0v) is 7.88. The van der Waals surface area contributed by atoms with Crippen molar-refractivity contribution >= 4 is 17.5 Å². The van der Waals surface area contributed by atoms with Crippen LogP contribution in [-0.2, 0) is 9.59 Å². The van der Waals surface area contributed by atoms with Gasteiger partial charge in [0.25, 0.3) is 5.91 Å². The van der Waals surface area contributed by atoms with Crippen LogP contribution in [0.15, 0.2) is 5.10 Å². The number of nitrogens with zero attached hydrogens (tertiary/aromatic N) is 1. The summed E-state index contributed by atoms with van der Waals surface area (Å²) in [4.78, 5) is 22.3. The predicted octanol–water partition coefficient (Wildman–Crippen LogP) is -0.0789. The maximum Gasteiger partial charge on any atom is 0.267 e. The number of carbonyl (C=O) groups is 2. The van der Waals surface area contributed by atoms with Crippen LogP contribution in [0.3, 0.4) is 0 Å². The largest absolute Gasteiger partial charge is 0.348 e. The Morgan fingerprint density at radius 1 is 1.43 bits per heavy atom. The van der Waals surface area contributed by atoms with E-state index < -0.39 is 0 Å². The third-order valence-corrected chi connectivity index (χ3v) is 2.61. The topological polar surface area (TPSA) is 70.6 Å². The molecule has 2 rings (SSSR count). The summed E-state index contributed by atoms with van der Waals surface area (Å²) < 4.78 is 0. The van der Waals surface area contributed by atoms with Gasteiger partial charge in [0.1, 0.15) is 5.71 Å². The van der Waals surface area contributed by atoms with E-state index in [-0.39, 0.29) is 11.8 Å². The molecule has 1 saturated carbocycles. The van der Waals surface area contributed by atoms with Gasteiger partial charge < -0.3 is 5.32 Å². The molecule has 2 aliphatic rings. The average molecular weight is 195 g/mol. The molecule has 2 amide bonds. The molecule has 1 aliphatic carbocycles. The molecule has 0 bridgehead atoms. The molecule has 0 unspecified atom stereocenters. The molecular weight excluding hydrogens is 182 g/mol. The Balaban J connectivity index is 1.87. The molecule has 1 aliphatic heterocycles. The Kier molecular flexibility index (Phi) is 2.47. The maximum atomic E-state index is 11.5. The molecule has 0 aromatic carbocycles. The SMILES string of the molecule is O=C1CCC(C(=O)NC2CCC2)=NN1. The number of nitrogens with one attached hydrogen (secondary N) is 2. The van der Waals surface area contributed by atoms with E-state index >= 15 is 0 Å². The summed E-state index contributed by atoms with van der Waals surface area (Å²) in [5.41, 5.74) is 2.75. The van der Waals surface area contributed by atoms with E-state index in [4.69, 9.17) is 0 Å². The Morgan fingerprint density at radius 3 is 2.71 bits per heavy atom. The standard InChI is InChI=1S/C9H13N3O2/c13-8-5-4-7(11-12-8)9(14)10-6-2-1-3-6/h6H,1-5H2,(H,10,14)(H,12,13). The van der Waals surface area contributed by atoms with Crippen molar-refractivity contribution in [3.63, 3.8) is 0 Å². The lowest BCUT2D eigenvalue weighted by molar-refractivity contribution is -0.121. The second-order valence-electron chi connectivity index (χ2n) is 3.69. The van der Waals surface area contributed by atoms with Crippen molar-refractivity contribution in [3.8, 4) is 0 Å². The molecule has 1 fully saturated rings. The van der Waals surface area contributed by atoms with Gasteiger partial charge in [0.05, 0.1) is 0 Å². The van der Waals surface area contributed by atoms with Gasteiger partial charge in [0.2, 0.25) is 5.91 Å². The van der Waals surface area contributed by atoms with Crippen LogP contribution in [0.4, 0.5) is 0 Å². The summed E-state index contributed by atoms with van der Waals surface area (Å²) in [6.07, 6.45) is 4.12. The van der Waals surface area contributed by atoms with Crippen LogP contribution in [0.5, 0.6) is 0 Å². The molecule has 0 aromatic heterocycles. The molecule has 0 atom stereocenters. The van der Waals surface area contributed by atoms with Gasteiger partial charge in [-0.15, -0.1) is 0 Å². The van der Waals surface area contributed by atoms with Gasteiger partial charge in [-0.05, 0) is 19.3 Å². The Labute approximate surface area is 81.9 Å². The van der Waals surface area contributed by atoms with Crippen LogP contribution >= 0.6 is 0 Å². The number of hydrogen-bond acceptors (Lipinski definition) is 3. The van der Waals surface area contributed by atoms with Crippen molar-refractivity contribution < 1.29 is 9.59 Å². The van der Waals surface area contributed by atoms with Crippen molar-refractivity contribution in [3.05, 3.63) is 0 Å². The Hall–Kier alpha value is -1.39. The molecule has 5 nitrogen and oxygen atoms in total. The first-order valence-corrected chi connectivity index (χ1v) is 4.92. The number of carbonyl (C=O) groups excluding carboxylic acids is 2. The fourth-order valence-electron chi connectivity index (χ4n) is 1.46. The smallest absolute Gasteiger partial charge is 0.267 e. The minimum absolute atomic E-state index is 0.120. The first-order valence-electron chi connectivity index (χ1n) is 4.92. The lowest BCUT2D eigenvalue weighted by Crippen LogP contribution is -2.44. The van der Waals surface area contributed by atoms with Crippen LogP contribution < -0.4 is 10.7 Å². The highest BCUT2D eigenvalue weighted by Crippen LogP contribution is 2.18. The van der Waals surface area contributed by atoms with Gasteiger partial charge in [-0.2, -0.15) is 5.10 Å². The van der Waals surface area contributed by atoms with Gasteiger partial charge in [-0.1, -0.05) is 0 Å². The molecular formula is C9H13N3O2. The van der Waals surface area contributed by atoms with Crippen LogP contribution in [-0.4, -0.2) is 23.6 Å². The zero-order chi connectivity index (χ0) is 9.97. The molecule has 14 heavy (non-hydrogen) atoms. The number of hydrogen-bond donors (Lipinski definition) is 2. The molecule has 2 N–H and O–H groups in total.